The topological polar surface area (TPSA) is 67.4 Å². The Morgan fingerprint density at radius 2 is 2.18 bits per heavy atom. The van der Waals surface area contributed by atoms with E-state index in [0.717, 1.165) is 5.56 Å². The highest BCUT2D eigenvalue weighted by atomic mass is 16.5. The van der Waals surface area contributed by atoms with Crippen LogP contribution in [0.5, 0.6) is 0 Å². The number of benzene rings is 1. The highest BCUT2D eigenvalue weighted by Gasteiger charge is 2.23. The first-order chi connectivity index (χ1) is 8.24. The second-order valence-corrected chi connectivity index (χ2v) is 3.91. The van der Waals surface area contributed by atoms with Gasteiger partial charge in [0, 0.05) is 13.0 Å². The Morgan fingerprint density at radius 3 is 2.82 bits per heavy atom. The first-order valence-corrected chi connectivity index (χ1v) is 5.48. The van der Waals surface area contributed by atoms with Crippen LogP contribution in [0, 0.1) is 0 Å². The van der Waals surface area contributed by atoms with Crippen LogP contribution >= 0.6 is 0 Å². The first kappa shape index (κ1) is 11.4. The minimum Gasteiger partial charge on any atom is -0.445 e. The van der Waals surface area contributed by atoms with Crippen LogP contribution in [-0.2, 0) is 16.1 Å². The summed E-state index contributed by atoms with van der Waals surface area (Å²) < 4.78 is 5.04. The molecule has 0 saturated carbocycles. The van der Waals surface area contributed by atoms with Crippen LogP contribution in [0.15, 0.2) is 30.3 Å². The van der Waals surface area contributed by atoms with Gasteiger partial charge in [0.05, 0.1) is 6.04 Å². The predicted octanol–water partition coefficient (Wildman–Crippen LogP) is 0.801. The largest absolute Gasteiger partial charge is 0.445 e. The molecule has 1 heterocycles. The van der Waals surface area contributed by atoms with Crippen molar-refractivity contribution in [2.24, 2.45) is 0 Å². The van der Waals surface area contributed by atoms with Crippen LogP contribution in [0.1, 0.15) is 12.0 Å². The van der Waals surface area contributed by atoms with Crippen molar-refractivity contribution >= 4 is 12.0 Å². The second-order valence-electron chi connectivity index (χ2n) is 3.91. The molecule has 0 radical (unpaired) electrons. The van der Waals surface area contributed by atoms with E-state index in [1.165, 1.54) is 0 Å². The molecule has 17 heavy (non-hydrogen) atoms. The Morgan fingerprint density at radius 1 is 1.41 bits per heavy atom. The van der Waals surface area contributed by atoms with E-state index in [-0.39, 0.29) is 18.6 Å². The van der Waals surface area contributed by atoms with Crippen molar-refractivity contribution < 1.29 is 14.3 Å². The highest BCUT2D eigenvalue weighted by molar-refractivity contribution is 5.80. The lowest BCUT2D eigenvalue weighted by molar-refractivity contribution is -0.119. The molecule has 5 nitrogen and oxygen atoms in total. The van der Waals surface area contributed by atoms with E-state index in [2.05, 4.69) is 10.6 Å². The Balaban J connectivity index is 1.73. The minimum atomic E-state index is -0.490. The van der Waals surface area contributed by atoms with E-state index in [4.69, 9.17) is 4.74 Å². The molecule has 0 aromatic heterocycles. The van der Waals surface area contributed by atoms with Gasteiger partial charge in [0.15, 0.2) is 0 Å². The van der Waals surface area contributed by atoms with Gasteiger partial charge in [0.25, 0.3) is 0 Å². The van der Waals surface area contributed by atoms with Crippen LogP contribution in [0.2, 0.25) is 0 Å². The number of hydrogen-bond donors (Lipinski definition) is 2. The molecule has 1 aliphatic heterocycles. The molecule has 1 aromatic rings. The molecule has 1 fully saturated rings. The summed E-state index contributed by atoms with van der Waals surface area (Å²) in [7, 11) is 0. The van der Waals surface area contributed by atoms with Crippen molar-refractivity contribution in [3.8, 4) is 0 Å². The summed E-state index contributed by atoms with van der Waals surface area (Å²) in [6, 6.07) is 9.28. The number of rotatable bonds is 3. The minimum absolute atomic E-state index is 0.0432. The van der Waals surface area contributed by atoms with Gasteiger partial charge >= 0.3 is 6.09 Å². The average molecular weight is 234 g/mol. The van der Waals surface area contributed by atoms with E-state index in [0.29, 0.717) is 13.0 Å². The molecule has 1 saturated heterocycles. The number of hydrogen-bond acceptors (Lipinski definition) is 3. The molecule has 2 N–H and O–H groups in total. The Labute approximate surface area is 99.2 Å². The summed E-state index contributed by atoms with van der Waals surface area (Å²) in [6.07, 6.45) is -0.171. The molecule has 2 amide bonds. The van der Waals surface area contributed by atoms with Crippen LogP contribution in [0.25, 0.3) is 0 Å². The zero-order valence-electron chi connectivity index (χ0n) is 9.31. The Hall–Kier alpha value is -2.04. The average Bonchev–Trinajstić information content (AvgIpc) is 2.73. The molecule has 1 aliphatic rings. The molecular formula is C12H14N2O3. The lowest BCUT2D eigenvalue weighted by Crippen LogP contribution is -2.36. The molecule has 0 unspecified atom stereocenters. The molecule has 0 aliphatic carbocycles. The number of carbonyl (C=O) groups excluding carboxylic acids is 2. The van der Waals surface area contributed by atoms with Crippen LogP contribution < -0.4 is 10.6 Å². The van der Waals surface area contributed by atoms with E-state index in [1.54, 1.807) is 0 Å². The van der Waals surface area contributed by atoms with Gasteiger partial charge in [-0.25, -0.2) is 4.79 Å². The van der Waals surface area contributed by atoms with Gasteiger partial charge in [-0.3, -0.25) is 4.79 Å². The Kier molecular flexibility index (Phi) is 3.59. The summed E-state index contributed by atoms with van der Waals surface area (Å²) in [4.78, 5) is 22.3. The molecule has 90 valence electrons. The number of ether oxygens (including phenoxy) is 1. The lowest BCUT2D eigenvalue weighted by Gasteiger charge is -2.10. The molecular weight excluding hydrogens is 220 g/mol. The monoisotopic (exact) mass is 234 g/mol. The third kappa shape index (κ3) is 3.48. The van der Waals surface area contributed by atoms with Crippen LogP contribution in [0.3, 0.4) is 0 Å². The fraction of sp³-hybridized carbons (Fsp3) is 0.333. The van der Waals surface area contributed by atoms with E-state index >= 15 is 0 Å². The molecule has 1 atom stereocenters. The highest BCUT2D eigenvalue weighted by Crippen LogP contribution is 2.02. The molecule has 0 spiro atoms. The Bertz CT molecular complexity index is 405. The number of amides is 2. The van der Waals surface area contributed by atoms with Gasteiger partial charge in [-0.05, 0) is 5.56 Å². The maximum Gasteiger partial charge on any atom is 0.407 e. The smallest absolute Gasteiger partial charge is 0.407 e. The van der Waals surface area contributed by atoms with Crippen LogP contribution in [0.4, 0.5) is 4.79 Å². The van der Waals surface area contributed by atoms with Crippen molar-refractivity contribution in [1.82, 2.24) is 10.6 Å². The molecule has 5 heteroatoms. The first-order valence-electron chi connectivity index (χ1n) is 5.48. The van der Waals surface area contributed by atoms with Crippen molar-refractivity contribution in [3.05, 3.63) is 35.9 Å². The zero-order valence-corrected chi connectivity index (χ0v) is 9.31. The summed E-state index contributed by atoms with van der Waals surface area (Å²) in [6.45, 7) is 0.708. The number of alkyl carbamates (subject to hydrolysis) is 1. The maximum absolute atomic E-state index is 11.4. The quantitative estimate of drug-likeness (QED) is 0.813. The van der Waals surface area contributed by atoms with Crippen molar-refractivity contribution in [3.63, 3.8) is 0 Å². The van der Waals surface area contributed by atoms with E-state index < -0.39 is 6.09 Å². The van der Waals surface area contributed by atoms with E-state index in [9.17, 15) is 9.59 Å². The second kappa shape index (κ2) is 5.34. The third-order valence-electron chi connectivity index (χ3n) is 2.51. The fourth-order valence-electron chi connectivity index (χ4n) is 1.64. The lowest BCUT2D eigenvalue weighted by atomic mass is 10.2. The van der Waals surface area contributed by atoms with Crippen molar-refractivity contribution in [2.75, 3.05) is 6.54 Å². The van der Waals surface area contributed by atoms with Crippen LogP contribution in [-0.4, -0.2) is 24.6 Å². The number of carbonyl (C=O) groups is 2. The maximum atomic E-state index is 11.4. The van der Waals surface area contributed by atoms with Gasteiger partial charge in [-0.15, -0.1) is 0 Å². The molecule has 0 bridgehead atoms. The van der Waals surface area contributed by atoms with Gasteiger partial charge < -0.3 is 15.4 Å². The fourth-order valence-corrected chi connectivity index (χ4v) is 1.64. The summed E-state index contributed by atoms with van der Waals surface area (Å²) in [5.74, 6) is -0.0432. The summed E-state index contributed by atoms with van der Waals surface area (Å²) >= 11 is 0. The van der Waals surface area contributed by atoms with Gasteiger partial charge in [-0.1, -0.05) is 30.3 Å². The van der Waals surface area contributed by atoms with E-state index in [1.807, 2.05) is 30.3 Å². The summed E-state index contributed by atoms with van der Waals surface area (Å²) in [5, 5.41) is 5.27. The van der Waals surface area contributed by atoms with Gasteiger partial charge in [0.2, 0.25) is 5.91 Å². The number of nitrogens with one attached hydrogen (secondary N) is 2. The van der Waals surface area contributed by atoms with Gasteiger partial charge in [0.1, 0.15) is 6.61 Å². The molecule has 2 rings (SSSR count). The standard InChI is InChI=1S/C12H14N2O3/c15-11-6-10(7-13-11)14-12(16)17-8-9-4-2-1-3-5-9/h1-5,10H,6-8H2,(H,13,15)(H,14,16)/t10-/m1/s1. The zero-order chi connectivity index (χ0) is 12.1. The predicted molar refractivity (Wildman–Crippen MR) is 61.2 cm³/mol. The summed E-state index contributed by atoms with van der Waals surface area (Å²) in [5.41, 5.74) is 0.934. The van der Waals surface area contributed by atoms with Gasteiger partial charge in [-0.2, -0.15) is 0 Å². The normalized spacial score (nSPS) is 18.6. The SMILES string of the molecule is O=C1C[C@@H](NC(=O)OCc2ccccc2)CN1. The van der Waals surface area contributed by atoms with Crippen molar-refractivity contribution in [2.45, 2.75) is 19.1 Å². The van der Waals surface area contributed by atoms with Crippen molar-refractivity contribution in [1.29, 1.82) is 0 Å². The molecule has 1 aromatic carbocycles. The third-order valence-corrected chi connectivity index (χ3v) is 2.51.